The molecule has 6 rings (SSSR count). The van der Waals surface area contributed by atoms with Crippen LogP contribution in [-0.2, 0) is 21.5 Å². The number of fused-ring (bicyclic) bond motifs is 1. The van der Waals surface area contributed by atoms with Crippen molar-refractivity contribution in [3.05, 3.63) is 46.1 Å². The number of halogens is 1. The van der Waals surface area contributed by atoms with Gasteiger partial charge in [-0.3, -0.25) is 9.69 Å². The fraction of sp³-hybridized carbons (Fsp3) is 0.643. The predicted molar refractivity (Wildman–Crippen MR) is 135 cm³/mol. The molecule has 2 amide bonds. The van der Waals surface area contributed by atoms with Crippen LogP contribution in [0, 0.1) is 16.7 Å². The smallest absolute Gasteiger partial charge is 0.322 e. The molecule has 2 aliphatic heterocycles. The van der Waals surface area contributed by atoms with Crippen molar-refractivity contribution in [2.24, 2.45) is 16.7 Å². The molecule has 2 bridgehead atoms. The summed E-state index contributed by atoms with van der Waals surface area (Å²) in [6.07, 6.45) is 5.47. The number of carbonyl (C=O) groups excluding carboxylic acids is 1. The predicted octanol–water partition coefficient (Wildman–Crippen LogP) is 5.88. The van der Waals surface area contributed by atoms with E-state index >= 15 is 0 Å². The molecule has 1 saturated heterocycles. The molecule has 190 valence electrons. The Morgan fingerprint density at radius 2 is 1.91 bits per heavy atom. The lowest BCUT2D eigenvalue weighted by atomic mass is 9.38. The fourth-order valence-electron chi connectivity index (χ4n) is 6.43. The number of carboxylic acids is 1. The standard InChI is InChI=1S/C28H37ClN2O4/c1-17-20-12-31(27-13-26(14-27,15-27)22(32)33)23(34)30-28(20,16-35-25(17,5)6)19-8-7-18(21(29)11-19)9-10-24(2,3)4/h7-8,11-12,17H,9-10,13-16H2,1-6H3,(H,30,34)(H,32,33). The highest BCUT2D eigenvalue weighted by molar-refractivity contribution is 6.31. The van der Waals surface area contributed by atoms with Gasteiger partial charge in [0.25, 0.3) is 0 Å². The van der Waals surface area contributed by atoms with E-state index < -0.39 is 28.1 Å². The lowest BCUT2D eigenvalue weighted by Crippen LogP contribution is -2.79. The van der Waals surface area contributed by atoms with Gasteiger partial charge >= 0.3 is 12.0 Å². The summed E-state index contributed by atoms with van der Waals surface area (Å²) in [5.41, 5.74) is 1.08. The number of amides is 2. The molecule has 2 atom stereocenters. The van der Waals surface area contributed by atoms with Crippen LogP contribution in [0.5, 0.6) is 0 Å². The molecule has 2 N–H and O–H groups in total. The molecule has 3 aliphatic carbocycles. The third-order valence-electron chi connectivity index (χ3n) is 9.13. The number of urea groups is 1. The average Bonchev–Trinajstić information content (AvgIpc) is 2.68. The minimum Gasteiger partial charge on any atom is -0.481 e. The minimum atomic E-state index is -0.803. The largest absolute Gasteiger partial charge is 0.481 e. The van der Waals surface area contributed by atoms with Crippen LogP contribution in [0.15, 0.2) is 30.0 Å². The lowest BCUT2D eigenvalue weighted by Gasteiger charge is -2.71. The van der Waals surface area contributed by atoms with Gasteiger partial charge in [-0.2, -0.15) is 0 Å². The van der Waals surface area contributed by atoms with Crippen LogP contribution in [0.4, 0.5) is 4.79 Å². The summed E-state index contributed by atoms with van der Waals surface area (Å²) in [5, 5.41) is 13.6. The highest BCUT2D eigenvalue weighted by Crippen LogP contribution is 2.70. The summed E-state index contributed by atoms with van der Waals surface area (Å²) >= 11 is 6.78. The van der Waals surface area contributed by atoms with Gasteiger partial charge < -0.3 is 15.2 Å². The molecule has 35 heavy (non-hydrogen) atoms. The quantitative estimate of drug-likeness (QED) is 0.529. The zero-order valence-electron chi connectivity index (χ0n) is 21.6. The highest BCUT2D eigenvalue weighted by Gasteiger charge is 2.75. The number of nitrogens with zero attached hydrogens (tertiary/aromatic N) is 1. The molecule has 1 aromatic carbocycles. The number of aryl methyl sites for hydroxylation is 1. The van der Waals surface area contributed by atoms with Crippen molar-refractivity contribution in [1.82, 2.24) is 10.2 Å². The first kappa shape index (κ1) is 24.6. The van der Waals surface area contributed by atoms with Crippen molar-refractivity contribution in [2.45, 2.75) is 90.3 Å². The molecule has 7 heteroatoms. The Bertz CT molecular complexity index is 1110. The van der Waals surface area contributed by atoms with E-state index in [9.17, 15) is 14.7 Å². The fourth-order valence-corrected chi connectivity index (χ4v) is 6.71. The normalized spacial score (nSPS) is 35.3. The first-order valence-electron chi connectivity index (χ1n) is 12.6. The first-order chi connectivity index (χ1) is 16.1. The second-order valence-corrected chi connectivity index (χ2v) is 13.5. The molecule has 0 radical (unpaired) electrons. The van der Waals surface area contributed by atoms with Crippen LogP contribution in [0.1, 0.15) is 78.4 Å². The second-order valence-electron chi connectivity index (χ2n) is 13.1. The van der Waals surface area contributed by atoms with Gasteiger partial charge in [0.2, 0.25) is 0 Å². The third kappa shape index (κ3) is 3.62. The molecule has 1 aromatic rings. The van der Waals surface area contributed by atoms with E-state index in [-0.39, 0.29) is 17.4 Å². The molecule has 0 aromatic heterocycles. The number of aliphatic carboxylic acids is 1. The van der Waals surface area contributed by atoms with Crippen LogP contribution >= 0.6 is 11.6 Å². The molecular formula is C28H37ClN2O4. The van der Waals surface area contributed by atoms with E-state index in [1.54, 1.807) is 4.90 Å². The van der Waals surface area contributed by atoms with Crippen LogP contribution in [0.25, 0.3) is 0 Å². The average molecular weight is 501 g/mol. The maximum Gasteiger partial charge on any atom is 0.322 e. The Morgan fingerprint density at radius 1 is 1.26 bits per heavy atom. The Labute approximate surface area is 213 Å². The van der Waals surface area contributed by atoms with E-state index in [1.807, 2.05) is 12.3 Å². The maximum atomic E-state index is 13.5. The van der Waals surface area contributed by atoms with Gasteiger partial charge in [0.15, 0.2) is 0 Å². The van der Waals surface area contributed by atoms with Gasteiger partial charge in [-0.25, -0.2) is 4.79 Å². The van der Waals surface area contributed by atoms with Crippen LogP contribution in [0.3, 0.4) is 0 Å². The van der Waals surface area contributed by atoms with Crippen LogP contribution in [0.2, 0.25) is 5.02 Å². The molecule has 2 unspecified atom stereocenters. The van der Waals surface area contributed by atoms with Gasteiger partial charge in [0, 0.05) is 17.1 Å². The highest BCUT2D eigenvalue weighted by atomic mass is 35.5. The molecule has 3 saturated carbocycles. The van der Waals surface area contributed by atoms with E-state index in [1.165, 1.54) is 0 Å². The van der Waals surface area contributed by atoms with E-state index in [4.69, 9.17) is 16.3 Å². The van der Waals surface area contributed by atoms with Gasteiger partial charge in [0.1, 0.15) is 5.54 Å². The summed E-state index contributed by atoms with van der Waals surface area (Å²) < 4.78 is 6.34. The van der Waals surface area contributed by atoms with E-state index in [2.05, 4.69) is 59.0 Å². The topological polar surface area (TPSA) is 78.9 Å². The summed E-state index contributed by atoms with van der Waals surface area (Å²) in [5.74, 6) is -0.722. The molecule has 0 spiro atoms. The van der Waals surface area contributed by atoms with Crippen molar-refractivity contribution >= 4 is 23.6 Å². The zero-order chi connectivity index (χ0) is 25.6. The third-order valence-corrected chi connectivity index (χ3v) is 9.48. The van der Waals surface area contributed by atoms with Gasteiger partial charge in [0.05, 0.1) is 23.2 Å². The van der Waals surface area contributed by atoms with Crippen molar-refractivity contribution < 1.29 is 19.4 Å². The van der Waals surface area contributed by atoms with E-state index in [0.717, 1.165) is 29.5 Å². The monoisotopic (exact) mass is 500 g/mol. The number of benzene rings is 1. The first-order valence-corrected chi connectivity index (χ1v) is 13.0. The summed E-state index contributed by atoms with van der Waals surface area (Å²) in [7, 11) is 0. The second kappa shape index (κ2) is 7.48. The van der Waals surface area contributed by atoms with Crippen molar-refractivity contribution in [3.8, 4) is 0 Å². The summed E-state index contributed by atoms with van der Waals surface area (Å²) in [6, 6.07) is 5.94. The molecule has 4 fully saturated rings. The van der Waals surface area contributed by atoms with Crippen molar-refractivity contribution in [2.75, 3.05) is 6.61 Å². The minimum absolute atomic E-state index is 0.0273. The van der Waals surface area contributed by atoms with Gasteiger partial charge in [-0.1, -0.05) is 51.4 Å². The zero-order valence-corrected chi connectivity index (χ0v) is 22.4. The molecule has 2 heterocycles. The summed E-state index contributed by atoms with van der Waals surface area (Å²) in [4.78, 5) is 27.0. The van der Waals surface area contributed by atoms with Gasteiger partial charge in [-0.15, -0.1) is 0 Å². The van der Waals surface area contributed by atoms with Crippen molar-refractivity contribution in [3.63, 3.8) is 0 Å². The molecule has 6 nitrogen and oxygen atoms in total. The Morgan fingerprint density at radius 3 is 2.49 bits per heavy atom. The number of carboxylic acid groups (broad SMARTS) is 1. The molecular weight excluding hydrogens is 464 g/mol. The Balaban J connectivity index is 1.51. The number of nitrogens with one attached hydrogen (secondary N) is 1. The number of hydrogen-bond donors (Lipinski definition) is 2. The summed E-state index contributed by atoms with van der Waals surface area (Å²) in [6.45, 7) is 13.3. The van der Waals surface area contributed by atoms with E-state index in [0.29, 0.717) is 30.9 Å². The maximum absolute atomic E-state index is 13.5. The molecule has 5 aliphatic rings. The number of carbonyl (C=O) groups is 2. The van der Waals surface area contributed by atoms with Crippen LogP contribution in [-0.4, -0.2) is 39.8 Å². The Hall–Kier alpha value is -2.05. The SMILES string of the molecule is CC1C2=CN(C34CC(C(=O)O)(C3)C4)C(=O)NC2(c2ccc(CCC(C)(C)C)c(Cl)c2)COC1(C)C. The van der Waals surface area contributed by atoms with Gasteiger partial charge in [-0.05, 0) is 74.1 Å². The van der Waals surface area contributed by atoms with Crippen molar-refractivity contribution in [1.29, 1.82) is 0 Å². The number of ether oxygens (including phenoxy) is 1. The lowest BCUT2D eigenvalue weighted by molar-refractivity contribution is -0.216. The number of hydrogen-bond acceptors (Lipinski definition) is 3. The Kier molecular flexibility index (Phi) is 5.27. The number of rotatable bonds is 5. The van der Waals surface area contributed by atoms with Crippen LogP contribution < -0.4 is 5.32 Å².